The number of aromatic nitrogens is 1. The number of rotatable bonds is 2. The number of halogens is 1. The molecule has 1 saturated heterocycles. The Morgan fingerprint density at radius 2 is 2.05 bits per heavy atom. The normalized spacial score (nSPS) is 26.9. The van der Waals surface area contributed by atoms with Gasteiger partial charge in [-0.3, -0.25) is 9.18 Å². The molecule has 1 aliphatic heterocycles. The molecule has 2 fully saturated rings. The maximum absolute atomic E-state index is 12.6. The highest BCUT2D eigenvalue weighted by atomic mass is 19.1. The van der Waals surface area contributed by atoms with E-state index >= 15 is 0 Å². The second-order valence-corrected chi connectivity index (χ2v) is 5.90. The fourth-order valence-corrected chi connectivity index (χ4v) is 3.50. The maximum atomic E-state index is 12.6. The number of aromatic hydroxyl groups is 1. The van der Waals surface area contributed by atoms with Gasteiger partial charge in [0.1, 0.15) is 0 Å². The number of fused-ring (bicyclic) bond motifs is 2. The minimum Gasteiger partial charge on any atom is -0.505 e. The molecule has 1 unspecified atom stereocenters. The molecule has 3 atom stereocenters. The van der Waals surface area contributed by atoms with E-state index in [2.05, 4.69) is 4.98 Å². The van der Waals surface area contributed by atoms with E-state index in [1.807, 2.05) is 18.2 Å². The summed E-state index contributed by atoms with van der Waals surface area (Å²) in [5.41, 5.74) is 0.0896. The summed E-state index contributed by atoms with van der Waals surface area (Å²) in [5.74, 6) is 0.388. The van der Waals surface area contributed by atoms with E-state index in [4.69, 9.17) is 0 Å². The Bertz CT molecular complexity index is 721. The maximum Gasteiger partial charge on any atom is 0.276 e. The SMILES string of the molecule is O=C(c1ncc2ccccc2c1O)N1C[C@@H]2C(CF)[C@@H]2C1. The molecule has 1 saturated carbocycles. The van der Waals surface area contributed by atoms with Gasteiger partial charge in [-0.1, -0.05) is 24.3 Å². The Hall–Kier alpha value is -2.17. The van der Waals surface area contributed by atoms with Crippen LogP contribution in [-0.4, -0.2) is 40.7 Å². The number of nitrogens with zero attached hydrogens (tertiary/aromatic N) is 2. The average molecular weight is 286 g/mol. The second-order valence-electron chi connectivity index (χ2n) is 5.90. The number of carbonyl (C=O) groups excluding carboxylic acids is 1. The van der Waals surface area contributed by atoms with Gasteiger partial charge in [0, 0.05) is 30.1 Å². The quantitative estimate of drug-likeness (QED) is 0.921. The van der Waals surface area contributed by atoms with Crippen LogP contribution in [0.25, 0.3) is 10.8 Å². The lowest BCUT2D eigenvalue weighted by Gasteiger charge is -2.19. The molecule has 108 valence electrons. The number of hydrogen-bond donors (Lipinski definition) is 1. The van der Waals surface area contributed by atoms with Gasteiger partial charge in [0.15, 0.2) is 11.4 Å². The standard InChI is InChI=1S/C16H15FN2O2/c17-5-11-12-7-19(8-13(11)12)16(21)14-15(20)10-4-2-1-3-9(10)6-18-14/h1-4,6,11-13,20H,5,7-8H2/t11?,12-,13+. The first-order valence-corrected chi connectivity index (χ1v) is 7.12. The number of amides is 1. The minimum absolute atomic E-state index is 0.0688. The second kappa shape index (κ2) is 4.41. The number of pyridine rings is 1. The fraction of sp³-hybridized carbons (Fsp3) is 0.375. The lowest BCUT2D eigenvalue weighted by Crippen LogP contribution is -2.32. The molecule has 0 radical (unpaired) electrons. The Kier molecular flexibility index (Phi) is 2.64. The van der Waals surface area contributed by atoms with Crippen molar-refractivity contribution in [3.05, 3.63) is 36.2 Å². The molecule has 2 heterocycles. The van der Waals surface area contributed by atoms with Crippen molar-refractivity contribution in [3.63, 3.8) is 0 Å². The highest BCUT2D eigenvalue weighted by molar-refractivity contribution is 6.01. The molecular formula is C16H15FN2O2. The monoisotopic (exact) mass is 286 g/mol. The smallest absolute Gasteiger partial charge is 0.276 e. The predicted octanol–water partition coefficient (Wildman–Crippen LogP) is 2.23. The van der Waals surface area contributed by atoms with Crippen LogP contribution < -0.4 is 0 Å². The molecule has 0 spiro atoms. The van der Waals surface area contributed by atoms with Gasteiger partial charge in [-0.2, -0.15) is 0 Å². The molecule has 5 heteroatoms. The van der Waals surface area contributed by atoms with Gasteiger partial charge in [-0.05, 0) is 17.8 Å². The van der Waals surface area contributed by atoms with E-state index in [1.54, 1.807) is 17.2 Å². The minimum atomic E-state index is -0.295. The number of carbonyl (C=O) groups is 1. The molecule has 1 amide bonds. The van der Waals surface area contributed by atoms with Crippen LogP contribution in [0.3, 0.4) is 0 Å². The first kappa shape index (κ1) is 12.6. The highest BCUT2D eigenvalue weighted by Gasteiger charge is 2.56. The summed E-state index contributed by atoms with van der Waals surface area (Å²) in [4.78, 5) is 18.3. The molecule has 1 aromatic heterocycles. The van der Waals surface area contributed by atoms with Crippen LogP contribution in [0.1, 0.15) is 10.5 Å². The first-order chi connectivity index (χ1) is 10.2. The Balaban J connectivity index is 1.62. The third kappa shape index (κ3) is 1.80. The van der Waals surface area contributed by atoms with Crippen molar-refractivity contribution in [1.82, 2.24) is 9.88 Å². The molecule has 4 rings (SSSR count). The zero-order valence-electron chi connectivity index (χ0n) is 11.4. The van der Waals surface area contributed by atoms with Crippen molar-refractivity contribution >= 4 is 16.7 Å². The van der Waals surface area contributed by atoms with Crippen molar-refractivity contribution in [2.75, 3.05) is 19.8 Å². The van der Waals surface area contributed by atoms with Gasteiger partial charge in [0.2, 0.25) is 0 Å². The van der Waals surface area contributed by atoms with E-state index < -0.39 is 0 Å². The van der Waals surface area contributed by atoms with Crippen LogP contribution in [0, 0.1) is 17.8 Å². The summed E-state index contributed by atoms with van der Waals surface area (Å²) in [6.45, 7) is 0.856. The van der Waals surface area contributed by atoms with Crippen molar-refractivity contribution < 1.29 is 14.3 Å². The molecule has 2 aliphatic rings. The van der Waals surface area contributed by atoms with Gasteiger partial charge in [-0.25, -0.2) is 4.98 Å². The number of likely N-dealkylation sites (tertiary alicyclic amines) is 1. The Morgan fingerprint density at radius 3 is 2.76 bits per heavy atom. The van der Waals surface area contributed by atoms with Crippen molar-refractivity contribution in [3.8, 4) is 5.75 Å². The van der Waals surface area contributed by atoms with E-state index in [1.165, 1.54) is 0 Å². The van der Waals surface area contributed by atoms with E-state index in [-0.39, 0.29) is 29.9 Å². The molecule has 0 bridgehead atoms. The van der Waals surface area contributed by atoms with E-state index in [9.17, 15) is 14.3 Å². The van der Waals surface area contributed by atoms with Gasteiger partial charge >= 0.3 is 0 Å². The molecular weight excluding hydrogens is 271 g/mol. The molecule has 1 aliphatic carbocycles. The Labute approximate surface area is 121 Å². The van der Waals surface area contributed by atoms with Crippen LogP contribution in [0.2, 0.25) is 0 Å². The summed E-state index contributed by atoms with van der Waals surface area (Å²) < 4.78 is 12.6. The molecule has 4 nitrogen and oxygen atoms in total. The van der Waals surface area contributed by atoms with Gasteiger partial charge in [-0.15, -0.1) is 0 Å². The predicted molar refractivity (Wildman–Crippen MR) is 75.8 cm³/mol. The van der Waals surface area contributed by atoms with Gasteiger partial charge in [0.25, 0.3) is 5.91 Å². The lowest BCUT2D eigenvalue weighted by molar-refractivity contribution is 0.0756. The molecule has 2 aromatic rings. The van der Waals surface area contributed by atoms with Crippen LogP contribution in [-0.2, 0) is 0 Å². The topological polar surface area (TPSA) is 53.4 Å². The molecule has 21 heavy (non-hydrogen) atoms. The number of hydrogen-bond acceptors (Lipinski definition) is 3. The highest BCUT2D eigenvalue weighted by Crippen LogP contribution is 2.52. The van der Waals surface area contributed by atoms with Crippen LogP contribution in [0.15, 0.2) is 30.5 Å². The summed E-state index contributed by atoms with van der Waals surface area (Å²) in [7, 11) is 0. The van der Waals surface area contributed by atoms with Gasteiger partial charge < -0.3 is 10.0 Å². The zero-order valence-corrected chi connectivity index (χ0v) is 11.4. The summed E-state index contributed by atoms with van der Waals surface area (Å²) in [5, 5.41) is 11.7. The van der Waals surface area contributed by atoms with Crippen molar-refractivity contribution in [2.45, 2.75) is 0 Å². The van der Waals surface area contributed by atoms with Crippen molar-refractivity contribution in [2.24, 2.45) is 17.8 Å². The third-order valence-electron chi connectivity index (χ3n) is 4.81. The van der Waals surface area contributed by atoms with E-state index in [0.29, 0.717) is 30.3 Å². The number of alkyl halides is 1. The zero-order chi connectivity index (χ0) is 14.6. The number of piperidine rings is 1. The molecule has 1 N–H and O–H groups in total. The summed E-state index contributed by atoms with van der Waals surface area (Å²) >= 11 is 0. The molecule has 1 aromatic carbocycles. The van der Waals surface area contributed by atoms with Gasteiger partial charge in [0.05, 0.1) is 6.67 Å². The van der Waals surface area contributed by atoms with E-state index in [0.717, 1.165) is 5.39 Å². The fourth-order valence-electron chi connectivity index (χ4n) is 3.50. The number of benzene rings is 1. The largest absolute Gasteiger partial charge is 0.505 e. The average Bonchev–Trinajstić information content (AvgIpc) is 2.98. The van der Waals surface area contributed by atoms with Crippen LogP contribution in [0.4, 0.5) is 4.39 Å². The Morgan fingerprint density at radius 1 is 1.33 bits per heavy atom. The summed E-state index contributed by atoms with van der Waals surface area (Å²) in [6, 6.07) is 7.28. The van der Waals surface area contributed by atoms with Crippen LogP contribution >= 0.6 is 0 Å². The van der Waals surface area contributed by atoms with Crippen LogP contribution in [0.5, 0.6) is 5.75 Å². The third-order valence-corrected chi connectivity index (χ3v) is 4.81. The van der Waals surface area contributed by atoms with Crippen molar-refractivity contribution in [1.29, 1.82) is 0 Å². The first-order valence-electron chi connectivity index (χ1n) is 7.12. The summed E-state index contributed by atoms with van der Waals surface area (Å²) in [6.07, 6.45) is 1.60. The lowest BCUT2D eigenvalue weighted by atomic mass is 10.1.